The van der Waals surface area contributed by atoms with Crippen LogP contribution in [-0.4, -0.2) is 45.5 Å². The molecule has 0 bridgehead atoms. The molecule has 6 nitrogen and oxygen atoms in total. The molecule has 2 aromatic rings. The Labute approximate surface area is 166 Å². The highest BCUT2D eigenvalue weighted by Gasteiger charge is 2.16. The number of carboxylic acid groups (broad SMARTS) is 1. The quantitative estimate of drug-likeness (QED) is 0.559. The molecule has 28 heavy (non-hydrogen) atoms. The Bertz CT molecular complexity index is 861. The third kappa shape index (κ3) is 7.70. The Morgan fingerprint density at radius 3 is 2.14 bits per heavy atom. The first-order chi connectivity index (χ1) is 13.3. The van der Waals surface area contributed by atoms with Crippen LogP contribution in [0.25, 0.3) is 0 Å². The Kier molecular flexibility index (Phi) is 8.02. The molecular weight excluding hydrogens is 378 g/mol. The highest BCUT2D eigenvalue weighted by atomic mass is 32.2. The second-order valence-corrected chi connectivity index (χ2v) is 9.02. The molecule has 0 aliphatic heterocycles. The van der Waals surface area contributed by atoms with Crippen LogP contribution in [-0.2, 0) is 38.0 Å². The van der Waals surface area contributed by atoms with Gasteiger partial charge in [-0.2, -0.15) is 0 Å². The summed E-state index contributed by atoms with van der Waals surface area (Å²) in [6.07, 6.45) is 2.58. The molecule has 1 atom stereocenters. The van der Waals surface area contributed by atoms with Crippen LogP contribution in [0, 0.1) is 0 Å². The lowest BCUT2D eigenvalue weighted by atomic mass is 10.1. The fraction of sp³-hybridized carbons (Fsp3) is 0.381. The summed E-state index contributed by atoms with van der Waals surface area (Å²) in [5.41, 5.74) is 3.88. The molecule has 2 aromatic carbocycles. The zero-order valence-corrected chi connectivity index (χ0v) is 17.0. The van der Waals surface area contributed by atoms with Gasteiger partial charge in [0.15, 0.2) is 15.9 Å². The fourth-order valence-corrected chi connectivity index (χ4v) is 3.67. The number of aryl methyl sites for hydroxylation is 1. The number of aliphatic carboxylic acids is 1. The van der Waals surface area contributed by atoms with Gasteiger partial charge < -0.3 is 15.2 Å². The first-order valence-corrected chi connectivity index (χ1v) is 11.2. The van der Waals surface area contributed by atoms with Crippen molar-refractivity contribution >= 4 is 21.5 Å². The number of hydrogen-bond donors (Lipinski definition) is 2. The molecule has 0 aliphatic rings. The van der Waals surface area contributed by atoms with E-state index in [1.54, 1.807) is 0 Å². The average molecular weight is 406 g/mol. The standard InChI is InChI=1S/C21H27NO5S/c1-27-20(21(23)24)14-17-9-11-19(12-10-17)22-13-3-4-16-5-7-18(8-6-16)15-28(2,25)26/h5-12,20,22H,3-4,13-15H2,1-2H3,(H,23,24)/t20-/m1/s1. The molecular formula is C21H27NO5S. The van der Waals surface area contributed by atoms with Crippen molar-refractivity contribution in [2.24, 2.45) is 0 Å². The van der Waals surface area contributed by atoms with Gasteiger partial charge in [0.2, 0.25) is 0 Å². The Hall–Kier alpha value is -2.38. The number of rotatable bonds is 11. The molecule has 0 heterocycles. The van der Waals surface area contributed by atoms with Gasteiger partial charge in [0.05, 0.1) is 5.75 Å². The van der Waals surface area contributed by atoms with Crippen molar-refractivity contribution in [3.05, 3.63) is 65.2 Å². The van der Waals surface area contributed by atoms with Crippen molar-refractivity contribution in [2.45, 2.75) is 31.1 Å². The van der Waals surface area contributed by atoms with Gasteiger partial charge in [0.1, 0.15) is 0 Å². The van der Waals surface area contributed by atoms with E-state index in [2.05, 4.69) is 5.32 Å². The van der Waals surface area contributed by atoms with Gasteiger partial charge in [0.25, 0.3) is 0 Å². The third-order valence-electron chi connectivity index (χ3n) is 4.36. The predicted octanol–water partition coefficient (Wildman–Crippen LogP) is 2.92. The molecule has 0 fully saturated rings. The molecule has 0 radical (unpaired) electrons. The second-order valence-electron chi connectivity index (χ2n) is 6.88. The van der Waals surface area contributed by atoms with Crippen LogP contribution < -0.4 is 5.32 Å². The van der Waals surface area contributed by atoms with Crippen molar-refractivity contribution in [3.63, 3.8) is 0 Å². The Morgan fingerprint density at radius 1 is 1.04 bits per heavy atom. The summed E-state index contributed by atoms with van der Waals surface area (Å²) in [6.45, 7) is 0.806. The van der Waals surface area contributed by atoms with Crippen LogP contribution in [0.3, 0.4) is 0 Å². The van der Waals surface area contributed by atoms with E-state index in [1.807, 2.05) is 48.5 Å². The lowest BCUT2D eigenvalue weighted by Gasteiger charge is -2.11. The highest BCUT2D eigenvalue weighted by molar-refractivity contribution is 7.89. The summed E-state index contributed by atoms with van der Waals surface area (Å²) in [7, 11) is -1.61. The van der Waals surface area contributed by atoms with Gasteiger partial charge in [-0.25, -0.2) is 13.2 Å². The van der Waals surface area contributed by atoms with Gasteiger partial charge in [-0.3, -0.25) is 0 Å². The van der Waals surface area contributed by atoms with Gasteiger partial charge >= 0.3 is 5.97 Å². The normalized spacial score (nSPS) is 12.5. The molecule has 152 valence electrons. The minimum Gasteiger partial charge on any atom is -0.479 e. The molecule has 0 spiro atoms. The number of methoxy groups -OCH3 is 1. The largest absolute Gasteiger partial charge is 0.479 e. The first-order valence-electron chi connectivity index (χ1n) is 9.11. The zero-order chi connectivity index (χ0) is 20.6. The lowest BCUT2D eigenvalue weighted by Crippen LogP contribution is -2.24. The van der Waals surface area contributed by atoms with Crippen LogP contribution in [0.4, 0.5) is 5.69 Å². The maximum absolute atomic E-state index is 11.3. The van der Waals surface area contributed by atoms with Gasteiger partial charge in [-0.1, -0.05) is 36.4 Å². The summed E-state index contributed by atoms with van der Waals surface area (Å²) < 4.78 is 27.6. The summed E-state index contributed by atoms with van der Waals surface area (Å²) >= 11 is 0. The SMILES string of the molecule is CO[C@H](Cc1ccc(NCCCc2ccc(CS(C)(=O)=O)cc2)cc1)C(=O)O. The van der Waals surface area contributed by atoms with Crippen LogP contribution >= 0.6 is 0 Å². The number of hydrogen-bond acceptors (Lipinski definition) is 5. The van der Waals surface area contributed by atoms with Crippen molar-refractivity contribution in [3.8, 4) is 0 Å². The monoisotopic (exact) mass is 405 g/mol. The lowest BCUT2D eigenvalue weighted by molar-refractivity contribution is -0.148. The van der Waals surface area contributed by atoms with Crippen LogP contribution in [0.15, 0.2) is 48.5 Å². The highest BCUT2D eigenvalue weighted by Crippen LogP contribution is 2.13. The average Bonchev–Trinajstić information content (AvgIpc) is 2.64. The van der Waals surface area contributed by atoms with Crippen LogP contribution in [0.1, 0.15) is 23.1 Å². The van der Waals surface area contributed by atoms with Crippen molar-refractivity contribution in [1.82, 2.24) is 0 Å². The number of carbonyl (C=O) groups is 1. The van der Waals surface area contributed by atoms with Gasteiger partial charge in [-0.05, 0) is 41.7 Å². The topological polar surface area (TPSA) is 92.7 Å². The van der Waals surface area contributed by atoms with Crippen LogP contribution in [0.5, 0.6) is 0 Å². The van der Waals surface area contributed by atoms with E-state index in [4.69, 9.17) is 9.84 Å². The van der Waals surface area contributed by atoms with E-state index in [0.29, 0.717) is 6.42 Å². The number of anilines is 1. The number of carboxylic acids is 1. The molecule has 0 aromatic heterocycles. The van der Waals surface area contributed by atoms with E-state index in [-0.39, 0.29) is 5.75 Å². The number of nitrogens with one attached hydrogen (secondary N) is 1. The summed E-state index contributed by atoms with van der Waals surface area (Å²) in [5.74, 6) is -0.892. The van der Waals surface area contributed by atoms with Gasteiger partial charge in [-0.15, -0.1) is 0 Å². The predicted molar refractivity (Wildman–Crippen MR) is 110 cm³/mol. The number of benzene rings is 2. The van der Waals surface area contributed by atoms with E-state index < -0.39 is 21.9 Å². The van der Waals surface area contributed by atoms with Gasteiger partial charge in [0, 0.05) is 32.0 Å². The number of sulfone groups is 1. The zero-order valence-electron chi connectivity index (χ0n) is 16.2. The smallest absolute Gasteiger partial charge is 0.333 e. The van der Waals surface area contributed by atoms with E-state index in [0.717, 1.165) is 36.2 Å². The Balaban J connectivity index is 1.75. The molecule has 0 saturated heterocycles. The van der Waals surface area contributed by atoms with Crippen molar-refractivity contribution in [2.75, 3.05) is 25.2 Å². The second kappa shape index (κ2) is 10.2. The molecule has 7 heteroatoms. The molecule has 2 N–H and O–H groups in total. The first kappa shape index (κ1) is 21.9. The summed E-state index contributed by atoms with van der Waals surface area (Å²) in [6, 6.07) is 15.4. The molecule has 0 amide bonds. The third-order valence-corrected chi connectivity index (χ3v) is 5.22. The minimum atomic E-state index is -3.00. The maximum atomic E-state index is 11.3. The molecule has 0 saturated carbocycles. The Morgan fingerprint density at radius 2 is 1.61 bits per heavy atom. The molecule has 0 unspecified atom stereocenters. The van der Waals surface area contributed by atoms with Crippen LogP contribution in [0.2, 0.25) is 0 Å². The van der Waals surface area contributed by atoms with Crippen molar-refractivity contribution < 1.29 is 23.1 Å². The summed E-state index contributed by atoms with van der Waals surface area (Å²) in [5, 5.41) is 12.4. The van der Waals surface area contributed by atoms with E-state index >= 15 is 0 Å². The molecule has 0 aliphatic carbocycles. The molecule has 2 rings (SSSR count). The fourth-order valence-electron chi connectivity index (χ4n) is 2.87. The maximum Gasteiger partial charge on any atom is 0.333 e. The number of ether oxygens (including phenoxy) is 1. The minimum absolute atomic E-state index is 0.0718. The van der Waals surface area contributed by atoms with E-state index in [1.165, 1.54) is 18.9 Å². The van der Waals surface area contributed by atoms with E-state index in [9.17, 15) is 13.2 Å². The summed E-state index contributed by atoms with van der Waals surface area (Å²) in [4.78, 5) is 11.0. The van der Waals surface area contributed by atoms with Crippen molar-refractivity contribution in [1.29, 1.82) is 0 Å².